The monoisotopic (exact) mass is 405 g/mol. The molecule has 1 aromatic carbocycles. The summed E-state index contributed by atoms with van der Waals surface area (Å²) in [5.74, 6) is -0.275. The van der Waals surface area contributed by atoms with Crippen LogP contribution in [0.3, 0.4) is 0 Å². The molecule has 8 heteroatoms. The van der Waals surface area contributed by atoms with Gasteiger partial charge in [0, 0.05) is 29.2 Å². The van der Waals surface area contributed by atoms with Gasteiger partial charge in [-0.15, -0.1) is 12.4 Å². The predicted octanol–water partition coefficient (Wildman–Crippen LogP) is 2.55. The molecule has 1 saturated heterocycles. The van der Waals surface area contributed by atoms with Gasteiger partial charge in [0.2, 0.25) is 0 Å². The molecule has 152 valence electrons. The average Bonchev–Trinajstić information content (AvgIpc) is 3.16. The van der Waals surface area contributed by atoms with Gasteiger partial charge in [-0.25, -0.2) is 0 Å². The zero-order valence-electron chi connectivity index (χ0n) is 16.5. The summed E-state index contributed by atoms with van der Waals surface area (Å²) >= 11 is 0. The summed E-state index contributed by atoms with van der Waals surface area (Å²) in [7, 11) is 0. The van der Waals surface area contributed by atoms with Crippen molar-refractivity contribution in [1.29, 1.82) is 0 Å². The minimum atomic E-state index is -0.724. The van der Waals surface area contributed by atoms with Gasteiger partial charge in [0.05, 0.1) is 0 Å². The second kappa shape index (κ2) is 8.75. The van der Waals surface area contributed by atoms with Crippen molar-refractivity contribution in [1.82, 2.24) is 20.4 Å². The fourth-order valence-electron chi connectivity index (χ4n) is 3.32. The highest BCUT2D eigenvalue weighted by molar-refractivity contribution is 5.99. The van der Waals surface area contributed by atoms with E-state index in [1.807, 2.05) is 33.0 Å². The van der Waals surface area contributed by atoms with Crippen molar-refractivity contribution < 1.29 is 9.59 Å². The first-order valence-electron chi connectivity index (χ1n) is 9.25. The van der Waals surface area contributed by atoms with Gasteiger partial charge in [0.1, 0.15) is 5.54 Å². The molecule has 2 amide bonds. The molecular weight excluding hydrogens is 378 g/mol. The number of carbonyl (C=O) groups excluding carboxylic acids is 2. The number of carbonyl (C=O) groups is 2. The van der Waals surface area contributed by atoms with Crippen molar-refractivity contribution in [2.45, 2.75) is 44.7 Å². The lowest BCUT2D eigenvalue weighted by Gasteiger charge is -2.36. The highest BCUT2D eigenvalue weighted by Gasteiger charge is 2.42. The molecule has 0 aliphatic carbocycles. The van der Waals surface area contributed by atoms with Crippen molar-refractivity contribution in [3.05, 3.63) is 48.3 Å². The molecule has 2 aromatic rings. The van der Waals surface area contributed by atoms with E-state index < -0.39 is 5.54 Å². The average molecular weight is 406 g/mol. The number of aromatic nitrogens is 2. The molecule has 1 aromatic heterocycles. The van der Waals surface area contributed by atoms with Crippen LogP contribution in [0.2, 0.25) is 0 Å². The molecule has 7 nitrogen and oxygen atoms in total. The second-order valence-corrected chi connectivity index (χ2v) is 7.97. The number of benzene rings is 1. The Hall–Kier alpha value is -2.38. The lowest BCUT2D eigenvalue weighted by molar-refractivity contribution is -0.126. The quantitative estimate of drug-likeness (QED) is 0.729. The van der Waals surface area contributed by atoms with Crippen LogP contribution in [0.5, 0.6) is 0 Å². The number of hydrogen-bond donors (Lipinski definition) is 3. The minimum absolute atomic E-state index is 0. The largest absolute Gasteiger partial charge is 0.347 e. The van der Waals surface area contributed by atoms with Gasteiger partial charge in [-0.3, -0.25) is 14.3 Å². The first kappa shape index (κ1) is 21.9. The number of rotatable bonds is 4. The van der Waals surface area contributed by atoms with Crippen molar-refractivity contribution in [2.24, 2.45) is 0 Å². The summed E-state index contributed by atoms with van der Waals surface area (Å²) in [5.41, 5.74) is 0.0707. The van der Waals surface area contributed by atoms with Crippen LogP contribution in [-0.4, -0.2) is 40.2 Å². The van der Waals surface area contributed by atoms with Crippen LogP contribution in [-0.2, 0) is 10.3 Å². The number of nitrogens with one attached hydrogen (secondary N) is 3. The van der Waals surface area contributed by atoms with Gasteiger partial charge in [0.25, 0.3) is 11.8 Å². The third-order valence-electron chi connectivity index (χ3n) is 4.67. The molecule has 0 radical (unpaired) electrons. The molecule has 3 rings (SSSR count). The normalized spacial score (nSPS) is 16.0. The van der Waals surface area contributed by atoms with Crippen LogP contribution >= 0.6 is 12.4 Å². The van der Waals surface area contributed by atoms with Gasteiger partial charge in [0.15, 0.2) is 0 Å². The first-order chi connectivity index (χ1) is 12.8. The molecule has 2 heterocycles. The highest BCUT2D eigenvalue weighted by Crippen LogP contribution is 2.29. The van der Waals surface area contributed by atoms with E-state index in [1.54, 1.807) is 35.1 Å². The molecule has 1 aliphatic heterocycles. The summed E-state index contributed by atoms with van der Waals surface area (Å²) < 4.78 is 1.75. The van der Waals surface area contributed by atoms with Crippen LogP contribution in [0.15, 0.2) is 42.7 Å². The molecular formula is C20H28ClN5O2. The molecule has 0 unspecified atom stereocenters. The maximum atomic E-state index is 13.2. The van der Waals surface area contributed by atoms with Crippen LogP contribution in [0.4, 0.5) is 5.69 Å². The van der Waals surface area contributed by atoms with E-state index in [0.717, 1.165) is 13.1 Å². The van der Waals surface area contributed by atoms with Crippen molar-refractivity contribution >= 4 is 29.9 Å². The Labute approximate surface area is 171 Å². The van der Waals surface area contributed by atoms with E-state index in [2.05, 4.69) is 21.0 Å². The van der Waals surface area contributed by atoms with Crippen LogP contribution in [0, 0.1) is 0 Å². The van der Waals surface area contributed by atoms with Crippen molar-refractivity contribution in [2.75, 3.05) is 18.4 Å². The van der Waals surface area contributed by atoms with Crippen LogP contribution in [0.25, 0.3) is 0 Å². The van der Waals surface area contributed by atoms with Crippen molar-refractivity contribution in [3.8, 4) is 0 Å². The molecule has 1 fully saturated rings. The molecule has 0 saturated carbocycles. The number of anilines is 1. The summed E-state index contributed by atoms with van der Waals surface area (Å²) in [4.78, 5) is 25.6. The lowest BCUT2D eigenvalue weighted by atomic mass is 9.87. The molecule has 28 heavy (non-hydrogen) atoms. The molecule has 0 spiro atoms. The van der Waals surface area contributed by atoms with E-state index >= 15 is 0 Å². The van der Waals surface area contributed by atoms with E-state index in [1.165, 1.54) is 0 Å². The first-order valence-corrected chi connectivity index (χ1v) is 9.25. The maximum Gasteiger partial charge on any atom is 0.252 e. The number of halogens is 1. The third-order valence-corrected chi connectivity index (χ3v) is 4.67. The Kier molecular flexibility index (Phi) is 6.85. The Morgan fingerprint density at radius 1 is 1.18 bits per heavy atom. The Balaban J connectivity index is 0.00000280. The molecule has 3 N–H and O–H groups in total. The fraction of sp³-hybridized carbons (Fsp3) is 0.450. The summed E-state index contributed by atoms with van der Waals surface area (Å²) in [6.07, 6.45) is 4.84. The number of hydrogen-bond acceptors (Lipinski definition) is 4. The zero-order chi connectivity index (χ0) is 19.5. The van der Waals surface area contributed by atoms with Crippen LogP contribution in [0.1, 0.15) is 44.0 Å². The standard InChI is InChI=1S/C20H27N5O2.ClH/c1-19(2,3)24-17(26)15-6-4-7-16(14-15)23-18(27)20(8-11-21-12-9-20)25-13-5-10-22-25;/h4-7,10,13-14,21H,8-9,11-12H2,1-3H3,(H,23,27)(H,24,26);1H. The minimum Gasteiger partial charge on any atom is -0.347 e. The van der Waals surface area contributed by atoms with Gasteiger partial charge < -0.3 is 16.0 Å². The van der Waals surface area contributed by atoms with E-state index in [-0.39, 0.29) is 29.8 Å². The van der Waals surface area contributed by atoms with Gasteiger partial charge in [-0.2, -0.15) is 5.10 Å². The van der Waals surface area contributed by atoms with Crippen molar-refractivity contribution in [3.63, 3.8) is 0 Å². The highest BCUT2D eigenvalue weighted by atomic mass is 35.5. The van der Waals surface area contributed by atoms with E-state index in [9.17, 15) is 9.59 Å². The molecule has 1 aliphatic rings. The predicted molar refractivity (Wildman–Crippen MR) is 112 cm³/mol. The SMILES string of the molecule is CC(C)(C)NC(=O)c1cccc(NC(=O)C2(n3cccn3)CCNCC2)c1.Cl. The smallest absolute Gasteiger partial charge is 0.252 e. The maximum absolute atomic E-state index is 13.2. The Morgan fingerprint density at radius 3 is 2.50 bits per heavy atom. The van der Waals surface area contributed by atoms with E-state index in [4.69, 9.17) is 0 Å². The lowest BCUT2D eigenvalue weighted by Crippen LogP contribution is -2.52. The number of piperidine rings is 1. The number of amides is 2. The Morgan fingerprint density at radius 2 is 1.89 bits per heavy atom. The molecule has 0 bridgehead atoms. The summed E-state index contributed by atoms with van der Waals surface area (Å²) in [5, 5.41) is 13.5. The number of nitrogens with zero attached hydrogens (tertiary/aromatic N) is 2. The van der Waals surface area contributed by atoms with Gasteiger partial charge in [-0.05, 0) is 71.0 Å². The summed E-state index contributed by atoms with van der Waals surface area (Å²) in [6.45, 7) is 7.30. The third kappa shape index (κ3) is 4.91. The second-order valence-electron chi connectivity index (χ2n) is 7.97. The summed E-state index contributed by atoms with van der Waals surface area (Å²) in [6, 6.07) is 8.84. The fourth-order valence-corrected chi connectivity index (χ4v) is 3.32. The van der Waals surface area contributed by atoms with Crippen LogP contribution < -0.4 is 16.0 Å². The molecule has 0 atom stereocenters. The zero-order valence-corrected chi connectivity index (χ0v) is 17.3. The van der Waals surface area contributed by atoms with Gasteiger partial charge >= 0.3 is 0 Å². The topological polar surface area (TPSA) is 88.1 Å². The van der Waals surface area contributed by atoms with E-state index in [0.29, 0.717) is 24.1 Å². The Bertz CT molecular complexity index is 808. The van der Waals surface area contributed by atoms with Gasteiger partial charge in [-0.1, -0.05) is 6.07 Å².